The Morgan fingerprint density at radius 1 is 1.39 bits per heavy atom. The van der Waals surface area contributed by atoms with Crippen molar-refractivity contribution in [1.82, 2.24) is 24.5 Å². The Kier molecular flexibility index (Phi) is 2.03. The maximum Gasteiger partial charge on any atom is 0.265 e. The van der Waals surface area contributed by atoms with Crippen LogP contribution in [0.4, 0.5) is 5.95 Å². The number of H-pyrrole nitrogens is 1. The molecule has 0 fully saturated rings. The number of rotatable bonds is 2. The molecule has 1 amide bonds. The number of nitrogens with two attached hydrogens (primary N) is 2. The van der Waals surface area contributed by atoms with Crippen LogP contribution in [0.1, 0.15) is 10.5 Å². The summed E-state index contributed by atoms with van der Waals surface area (Å²) in [5, 5.41) is 0. The quantitative estimate of drug-likeness (QED) is 0.575. The molecular formula is C10H9N7O. The number of anilines is 1. The second-order valence-corrected chi connectivity index (χ2v) is 3.63. The van der Waals surface area contributed by atoms with Gasteiger partial charge in [-0.05, 0) is 12.1 Å². The Hall–Kier alpha value is -2.90. The number of amides is 1. The standard InChI is InChI=1S/C10H9N7O/c11-7(18)5-2-1-3-17(5)9-6-8(14-4-13-6)15-10(12)16-9/h1-4H,(H2,11,18)(H3,12,13,14,15,16). The van der Waals surface area contributed by atoms with Crippen molar-refractivity contribution in [2.45, 2.75) is 0 Å². The Morgan fingerprint density at radius 2 is 2.22 bits per heavy atom. The van der Waals surface area contributed by atoms with E-state index in [9.17, 15) is 4.79 Å². The van der Waals surface area contributed by atoms with Gasteiger partial charge in [0.05, 0.1) is 6.33 Å². The Labute approximate surface area is 101 Å². The van der Waals surface area contributed by atoms with Crippen molar-refractivity contribution in [1.29, 1.82) is 0 Å². The van der Waals surface area contributed by atoms with Crippen LogP contribution in [0.2, 0.25) is 0 Å². The number of carbonyl (C=O) groups is 1. The van der Waals surface area contributed by atoms with Crippen LogP contribution in [0.5, 0.6) is 0 Å². The SMILES string of the molecule is NC(=O)c1cccn1-c1nc(N)nc2nc[nH]c12. The maximum absolute atomic E-state index is 11.3. The normalized spacial score (nSPS) is 10.9. The second kappa shape index (κ2) is 3.55. The molecule has 0 atom stereocenters. The first-order chi connectivity index (χ1) is 8.66. The highest BCUT2D eigenvalue weighted by atomic mass is 16.1. The van der Waals surface area contributed by atoms with Gasteiger partial charge < -0.3 is 16.5 Å². The number of carbonyl (C=O) groups excluding carboxylic acids is 1. The van der Waals surface area contributed by atoms with Crippen molar-refractivity contribution in [3.8, 4) is 5.82 Å². The summed E-state index contributed by atoms with van der Waals surface area (Å²) in [5.74, 6) is -0.0348. The number of imidazole rings is 1. The largest absolute Gasteiger partial charge is 0.368 e. The lowest BCUT2D eigenvalue weighted by Crippen LogP contribution is -2.17. The fourth-order valence-electron chi connectivity index (χ4n) is 1.78. The van der Waals surface area contributed by atoms with Crippen LogP contribution in [-0.4, -0.2) is 30.4 Å². The van der Waals surface area contributed by atoms with E-state index in [0.29, 0.717) is 22.7 Å². The number of hydrogen-bond acceptors (Lipinski definition) is 5. The third-order valence-electron chi connectivity index (χ3n) is 2.51. The molecule has 0 saturated carbocycles. The molecule has 0 spiro atoms. The lowest BCUT2D eigenvalue weighted by atomic mass is 10.4. The van der Waals surface area contributed by atoms with E-state index in [4.69, 9.17) is 11.5 Å². The van der Waals surface area contributed by atoms with Crippen molar-refractivity contribution in [2.75, 3.05) is 5.73 Å². The smallest absolute Gasteiger partial charge is 0.265 e. The van der Waals surface area contributed by atoms with Gasteiger partial charge in [0.2, 0.25) is 5.95 Å². The van der Waals surface area contributed by atoms with Crippen molar-refractivity contribution in [3.05, 3.63) is 30.4 Å². The van der Waals surface area contributed by atoms with Gasteiger partial charge >= 0.3 is 0 Å². The lowest BCUT2D eigenvalue weighted by molar-refractivity contribution is 0.0994. The van der Waals surface area contributed by atoms with Crippen molar-refractivity contribution < 1.29 is 4.79 Å². The van der Waals surface area contributed by atoms with Crippen molar-refractivity contribution in [3.63, 3.8) is 0 Å². The van der Waals surface area contributed by atoms with Crippen LogP contribution < -0.4 is 11.5 Å². The zero-order valence-electron chi connectivity index (χ0n) is 9.16. The number of primary amides is 1. The highest BCUT2D eigenvalue weighted by molar-refractivity contribution is 5.92. The Balaban J connectivity index is 2.34. The predicted octanol–water partition coefficient (Wildman–Crippen LogP) is -0.175. The summed E-state index contributed by atoms with van der Waals surface area (Å²) in [6.07, 6.45) is 3.15. The molecule has 5 N–H and O–H groups in total. The van der Waals surface area contributed by atoms with Crippen LogP contribution in [0.3, 0.4) is 0 Å². The van der Waals surface area contributed by atoms with Gasteiger partial charge in [-0.25, -0.2) is 4.98 Å². The number of hydrogen-bond donors (Lipinski definition) is 3. The molecule has 8 heteroatoms. The van der Waals surface area contributed by atoms with E-state index in [1.165, 1.54) is 6.33 Å². The van der Waals surface area contributed by atoms with Crippen LogP contribution in [0, 0.1) is 0 Å². The predicted molar refractivity (Wildman–Crippen MR) is 63.9 cm³/mol. The van der Waals surface area contributed by atoms with Gasteiger partial charge in [0.25, 0.3) is 5.91 Å². The van der Waals surface area contributed by atoms with Gasteiger partial charge in [0, 0.05) is 6.20 Å². The molecule has 18 heavy (non-hydrogen) atoms. The molecule has 3 aromatic rings. The maximum atomic E-state index is 11.3. The van der Waals surface area contributed by atoms with E-state index in [0.717, 1.165) is 0 Å². The summed E-state index contributed by atoms with van der Waals surface area (Å²) < 4.78 is 1.54. The van der Waals surface area contributed by atoms with E-state index in [1.807, 2.05) is 0 Å². The molecule has 0 aliphatic carbocycles. The summed E-state index contributed by atoms with van der Waals surface area (Å²) in [6.45, 7) is 0. The minimum absolute atomic E-state index is 0.0775. The van der Waals surface area contributed by atoms with Crippen molar-refractivity contribution in [2.24, 2.45) is 5.73 Å². The van der Waals surface area contributed by atoms with Crippen LogP contribution in [-0.2, 0) is 0 Å². The fourth-order valence-corrected chi connectivity index (χ4v) is 1.78. The molecule has 3 rings (SSSR count). The van der Waals surface area contributed by atoms with Crippen LogP contribution >= 0.6 is 0 Å². The Bertz CT molecular complexity index is 742. The van der Waals surface area contributed by atoms with Gasteiger partial charge in [-0.3, -0.25) is 9.36 Å². The summed E-state index contributed by atoms with van der Waals surface area (Å²) >= 11 is 0. The van der Waals surface area contributed by atoms with E-state index in [-0.39, 0.29) is 5.95 Å². The van der Waals surface area contributed by atoms with Gasteiger partial charge in [-0.1, -0.05) is 0 Å². The van der Waals surface area contributed by atoms with Crippen LogP contribution in [0.15, 0.2) is 24.7 Å². The molecule has 0 aliphatic heterocycles. The summed E-state index contributed by atoms with van der Waals surface area (Å²) in [7, 11) is 0. The number of nitrogens with one attached hydrogen (secondary N) is 1. The molecule has 0 bridgehead atoms. The molecule has 0 aromatic carbocycles. The fraction of sp³-hybridized carbons (Fsp3) is 0. The molecular weight excluding hydrogens is 234 g/mol. The van der Waals surface area contributed by atoms with E-state index >= 15 is 0 Å². The van der Waals surface area contributed by atoms with Gasteiger partial charge in [-0.2, -0.15) is 9.97 Å². The number of aromatic amines is 1. The van der Waals surface area contributed by atoms with E-state index < -0.39 is 5.91 Å². The van der Waals surface area contributed by atoms with Gasteiger partial charge in [-0.15, -0.1) is 0 Å². The lowest BCUT2D eigenvalue weighted by Gasteiger charge is -2.07. The monoisotopic (exact) mass is 243 g/mol. The third-order valence-corrected chi connectivity index (χ3v) is 2.51. The summed E-state index contributed by atoms with van der Waals surface area (Å²) in [5.41, 5.74) is 12.2. The molecule has 3 heterocycles. The van der Waals surface area contributed by atoms with E-state index in [1.54, 1.807) is 22.9 Å². The minimum atomic E-state index is -0.551. The van der Waals surface area contributed by atoms with Crippen LogP contribution in [0.25, 0.3) is 17.0 Å². The average Bonchev–Trinajstić information content (AvgIpc) is 2.95. The van der Waals surface area contributed by atoms with Crippen molar-refractivity contribution >= 4 is 23.0 Å². The molecule has 3 aromatic heterocycles. The minimum Gasteiger partial charge on any atom is -0.368 e. The number of nitrogen functional groups attached to an aromatic ring is 1. The topological polar surface area (TPSA) is 128 Å². The molecule has 90 valence electrons. The van der Waals surface area contributed by atoms with Gasteiger partial charge in [0.1, 0.15) is 11.2 Å². The number of nitrogens with zero attached hydrogens (tertiary/aromatic N) is 4. The number of fused-ring (bicyclic) bond motifs is 1. The zero-order chi connectivity index (χ0) is 12.7. The average molecular weight is 243 g/mol. The molecule has 8 nitrogen and oxygen atoms in total. The highest BCUT2D eigenvalue weighted by Crippen LogP contribution is 2.18. The number of aromatic nitrogens is 5. The summed E-state index contributed by atoms with van der Waals surface area (Å²) in [4.78, 5) is 26.3. The first-order valence-electron chi connectivity index (χ1n) is 5.11. The molecule has 0 radical (unpaired) electrons. The molecule has 0 saturated heterocycles. The second-order valence-electron chi connectivity index (χ2n) is 3.63. The van der Waals surface area contributed by atoms with Gasteiger partial charge in [0.15, 0.2) is 11.5 Å². The molecule has 0 aliphatic rings. The Morgan fingerprint density at radius 3 is 3.00 bits per heavy atom. The summed E-state index contributed by atoms with van der Waals surface area (Å²) in [6, 6.07) is 3.30. The molecule has 0 unspecified atom stereocenters. The van der Waals surface area contributed by atoms with E-state index in [2.05, 4.69) is 19.9 Å². The first kappa shape index (κ1) is 10.3. The highest BCUT2D eigenvalue weighted by Gasteiger charge is 2.14. The zero-order valence-corrected chi connectivity index (χ0v) is 9.16. The third kappa shape index (κ3) is 1.39. The first-order valence-corrected chi connectivity index (χ1v) is 5.11.